The van der Waals surface area contributed by atoms with Crippen LogP contribution in [0.1, 0.15) is 16.8 Å². The maximum absolute atomic E-state index is 12.8. The fourth-order valence-electron chi connectivity index (χ4n) is 3.19. The number of nitrogens with one attached hydrogen (secondary N) is 1. The number of non-ortho nitro benzene ring substituents is 1. The Labute approximate surface area is 175 Å². The summed E-state index contributed by atoms with van der Waals surface area (Å²) >= 11 is 0. The second-order valence-electron chi connectivity index (χ2n) is 7.02. The third-order valence-corrected chi connectivity index (χ3v) is 4.68. The van der Waals surface area contributed by atoms with Crippen molar-refractivity contribution in [2.45, 2.75) is 20.0 Å². The number of hydrogen-bond acceptors (Lipinski definition) is 3. The lowest BCUT2D eigenvalue weighted by molar-refractivity contribution is -0.384. The predicted molar refractivity (Wildman–Crippen MR) is 117 cm³/mol. The number of rotatable bonds is 8. The monoisotopic (exact) mass is 404 g/mol. The number of aromatic nitrogens is 1. The van der Waals surface area contributed by atoms with E-state index in [1.165, 1.54) is 35.4 Å². The number of carbonyl (C=O) groups excluding carboxylic acids is 1. The van der Waals surface area contributed by atoms with Gasteiger partial charge < -0.3 is 14.8 Å². The summed E-state index contributed by atoms with van der Waals surface area (Å²) < 4.78 is 2.12. The molecule has 3 rings (SSSR count). The summed E-state index contributed by atoms with van der Waals surface area (Å²) in [7, 11) is 0. The molecule has 7 heteroatoms. The van der Waals surface area contributed by atoms with Crippen LogP contribution in [0, 0.1) is 17.0 Å². The van der Waals surface area contributed by atoms with Gasteiger partial charge in [-0.25, -0.2) is 4.79 Å². The number of hydrogen-bond donors (Lipinski definition) is 1. The van der Waals surface area contributed by atoms with Crippen molar-refractivity contribution in [1.82, 2.24) is 9.47 Å². The Balaban J connectivity index is 1.71. The smallest absolute Gasteiger partial charge is 0.322 e. The Morgan fingerprint density at radius 2 is 1.97 bits per heavy atom. The van der Waals surface area contributed by atoms with Gasteiger partial charge in [0.2, 0.25) is 0 Å². The summed E-state index contributed by atoms with van der Waals surface area (Å²) in [5, 5.41) is 13.6. The van der Waals surface area contributed by atoms with Gasteiger partial charge in [-0.3, -0.25) is 10.1 Å². The van der Waals surface area contributed by atoms with E-state index in [9.17, 15) is 14.9 Å². The zero-order valence-electron chi connectivity index (χ0n) is 16.8. The molecule has 2 amide bonds. The molecule has 0 aliphatic heterocycles. The first-order chi connectivity index (χ1) is 14.5. The number of anilines is 1. The van der Waals surface area contributed by atoms with Crippen LogP contribution in [0.15, 0.2) is 79.5 Å². The van der Waals surface area contributed by atoms with Crippen LogP contribution in [-0.4, -0.2) is 27.0 Å². The van der Waals surface area contributed by atoms with Crippen molar-refractivity contribution < 1.29 is 9.72 Å². The van der Waals surface area contributed by atoms with E-state index in [1.54, 1.807) is 11.0 Å². The molecule has 0 fully saturated rings. The van der Waals surface area contributed by atoms with Crippen molar-refractivity contribution in [1.29, 1.82) is 0 Å². The van der Waals surface area contributed by atoms with Gasteiger partial charge in [-0.2, -0.15) is 0 Å². The second kappa shape index (κ2) is 9.56. The lowest BCUT2D eigenvalue weighted by Crippen LogP contribution is -2.35. The summed E-state index contributed by atoms with van der Waals surface area (Å²) in [6, 6.07) is 17.7. The van der Waals surface area contributed by atoms with Gasteiger partial charge in [0.15, 0.2) is 0 Å². The molecule has 0 unspecified atom stereocenters. The van der Waals surface area contributed by atoms with Crippen LogP contribution >= 0.6 is 0 Å². The van der Waals surface area contributed by atoms with Crippen LogP contribution in [-0.2, 0) is 13.1 Å². The lowest BCUT2D eigenvalue weighted by atomic mass is 10.1. The minimum absolute atomic E-state index is 0.0232. The molecule has 1 heterocycles. The molecule has 1 N–H and O–H groups in total. The molecule has 30 heavy (non-hydrogen) atoms. The molecule has 0 aliphatic carbocycles. The average molecular weight is 404 g/mol. The van der Waals surface area contributed by atoms with Gasteiger partial charge in [-0.1, -0.05) is 35.9 Å². The fourth-order valence-corrected chi connectivity index (χ4v) is 3.19. The molecule has 0 aliphatic rings. The summed E-state index contributed by atoms with van der Waals surface area (Å²) in [5.74, 6) is 0. The van der Waals surface area contributed by atoms with Crippen molar-refractivity contribution >= 4 is 17.4 Å². The molecule has 0 spiro atoms. The summed E-state index contributed by atoms with van der Waals surface area (Å²) in [6.07, 6.45) is 3.67. The predicted octanol–water partition coefficient (Wildman–Crippen LogP) is 4.97. The number of urea groups is 1. The number of benzene rings is 2. The first kappa shape index (κ1) is 20.9. The highest BCUT2D eigenvalue weighted by Gasteiger charge is 2.15. The molecular formula is C23H24N4O3. The number of nitrogens with zero attached hydrogens (tertiary/aromatic N) is 3. The molecule has 0 bridgehead atoms. The third-order valence-electron chi connectivity index (χ3n) is 4.68. The zero-order chi connectivity index (χ0) is 21.5. The van der Waals surface area contributed by atoms with Crippen LogP contribution in [0.2, 0.25) is 0 Å². The topological polar surface area (TPSA) is 80.4 Å². The number of aryl methyl sites for hydroxylation is 1. The van der Waals surface area contributed by atoms with Gasteiger partial charge in [-0.05, 0) is 36.8 Å². The highest BCUT2D eigenvalue weighted by Crippen LogP contribution is 2.17. The Morgan fingerprint density at radius 3 is 2.63 bits per heavy atom. The van der Waals surface area contributed by atoms with Gasteiger partial charge in [0.25, 0.3) is 5.69 Å². The fraction of sp³-hybridized carbons (Fsp3) is 0.174. The highest BCUT2D eigenvalue weighted by molar-refractivity contribution is 5.89. The SMILES string of the molecule is C=CCN(Cc1cccn1Cc1cccc(C)c1)C(=O)Nc1ccc([N+](=O)[O-])cc1. The number of carbonyl (C=O) groups is 1. The van der Waals surface area contributed by atoms with Crippen LogP contribution in [0.5, 0.6) is 0 Å². The molecule has 3 aromatic rings. The van der Waals surface area contributed by atoms with Gasteiger partial charge >= 0.3 is 6.03 Å². The maximum atomic E-state index is 12.8. The second-order valence-corrected chi connectivity index (χ2v) is 7.02. The molecule has 0 atom stereocenters. The van der Waals surface area contributed by atoms with E-state index in [-0.39, 0.29) is 11.7 Å². The van der Waals surface area contributed by atoms with E-state index in [0.29, 0.717) is 18.8 Å². The van der Waals surface area contributed by atoms with Gasteiger partial charge in [0.1, 0.15) is 0 Å². The number of nitro groups is 1. The molecule has 0 radical (unpaired) electrons. The van der Waals surface area contributed by atoms with Gasteiger partial charge in [0.05, 0.1) is 11.5 Å². The van der Waals surface area contributed by atoms with Crippen molar-refractivity contribution in [3.8, 4) is 0 Å². The normalized spacial score (nSPS) is 10.4. The highest BCUT2D eigenvalue weighted by atomic mass is 16.6. The lowest BCUT2D eigenvalue weighted by Gasteiger charge is -2.23. The molecule has 0 saturated carbocycles. The summed E-state index contributed by atoms with van der Waals surface area (Å²) in [4.78, 5) is 24.7. The Hall–Kier alpha value is -3.87. The van der Waals surface area contributed by atoms with E-state index < -0.39 is 4.92 Å². The molecule has 1 aromatic heterocycles. The Morgan fingerprint density at radius 1 is 1.20 bits per heavy atom. The summed E-state index contributed by atoms with van der Waals surface area (Å²) in [6.45, 7) is 7.30. The van der Waals surface area contributed by atoms with E-state index in [1.807, 2.05) is 24.4 Å². The maximum Gasteiger partial charge on any atom is 0.322 e. The minimum atomic E-state index is -0.474. The Bertz CT molecular complexity index is 1040. The van der Waals surface area contributed by atoms with Crippen molar-refractivity contribution in [2.24, 2.45) is 0 Å². The van der Waals surface area contributed by atoms with E-state index in [2.05, 4.69) is 41.6 Å². The first-order valence-corrected chi connectivity index (χ1v) is 9.57. The quantitative estimate of drug-likeness (QED) is 0.327. The molecule has 7 nitrogen and oxygen atoms in total. The number of nitro benzene ring substituents is 1. The molecule has 0 saturated heterocycles. The van der Waals surface area contributed by atoms with E-state index in [0.717, 1.165) is 12.2 Å². The summed E-state index contributed by atoms with van der Waals surface area (Å²) in [5.41, 5.74) is 3.87. The van der Waals surface area contributed by atoms with E-state index in [4.69, 9.17) is 0 Å². The van der Waals surface area contributed by atoms with Crippen molar-refractivity contribution in [3.05, 3.63) is 106 Å². The van der Waals surface area contributed by atoms with Gasteiger partial charge in [-0.15, -0.1) is 6.58 Å². The van der Waals surface area contributed by atoms with Crippen LogP contribution in [0.25, 0.3) is 0 Å². The molecule has 2 aromatic carbocycles. The molecule has 154 valence electrons. The van der Waals surface area contributed by atoms with Crippen LogP contribution < -0.4 is 5.32 Å². The average Bonchev–Trinajstić information content (AvgIpc) is 3.14. The Kier molecular flexibility index (Phi) is 6.64. The van der Waals surface area contributed by atoms with Crippen molar-refractivity contribution in [3.63, 3.8) is 0 Å². The third kappa shape index (κ3) is 5.35. The van der Waals surface area contributed by atoms with E-state index >= 15 is 0 Å². The van der Waals surface area contributed by atoms with Crippen LogP contribution in [0.4, 0.5) is 16.2 Å². The number of amides is 2. The standard InChI is InChI=1S/C23H24N4O3/c1-3-13-26(23(28)24-20-9-11-21(12-10-20)27(29)30)17-22-8-5-14-25(22)16-19-7-4-6-18(2)15-19/h3-12,14-15H,1,13,16-17H2,2H3,(H,24,28). The first-order valence-electron chi connectivity index (χ1n) is 9.57. The van der Waals surface area contributed by atoms with Crippen molar-refractivity contribution in [2.75, 3.05) is 11.9 Å². The minimum Gasteiger partial charge on any atom is -0.345 e. The zero-order valence-corrected chi connectivity index (χ0v) is 16.8. The van der Waals surface area contributed by atoms with Gasteiger partial charge in [0, 0.05) is 42.8 Å². The van der Waals surface area contributed by atoms with Crippen LogP contribution in [0.3, 0.4) is 0 Å². The largest absolute Gasteiger partial charge is 0.345 e. The molecular weight excluding hydrogens is 380 g/mol.